The highest BCUT2D eigenvalue weighted by molar-refractivity contribution is 7.26. The van der Waals surface area contributed by atoms with Crippen LogP contribution in [0, 0.1) is 0 Å². The van der Waals surface area contributed by atoms with E-state index >= 15 is 0 Å². The Bertz CT molecular complexity index is 1800. The normalized spacial score (nSPS) is 11.2. The maximum absolute atomic E-state index is 5.09. The summed E-state index contributed by atoms with van der Waals surface area (Å²) < 4.78 is 2.53. The summed E-state index contributed by atoms with van der Waals surface area (Å²) in [5.74, 6) is 0.733. The number of aromatic nitrogens is 2. The summed E-state index contributed by atoms with van der Waals surface area (Å²) in [5, 5.41) is 2.58. The van der Waals surface area contributed by atoms with Gasteiger partial charge in [-0.05, 0) is 35.4 Å². The molecule has 0 saturated heterocycles. The van der Waals surface area contributed by atoms with Crippen LogP contribution in [0.3, 0.4) is 0 Å². The molecule has 2 aromatic heterocycles. The zero-order valence-electron chi connectivity index (χ0n) is 20.0. The minimum atomic E-state index is 0.733. The molecule has 0 radical (unpaired) electrons. The lowest BCUT2D eigenvalue weighted by Gasteiger charge is -2.12. The van der Waals surface area contributed by atoms with Crippen LogP contribution in [0.2, 0.25) is 0 Å². The number of thiophene rings is 1. The molecule has 174 valence electrons. The van der Waals surface area contributed by atoms with Crippen molar-refractivity contribution >= 4 is 31.5 Å². The molecule has 0 aliphatic carbocycles. The number of fused-ring (bicyclic) bond motifs is 3. The van der Waals surface area contributed by atoms with Crippen molar-refractivity contribution in [1.82, 2.24) is 9.97 Å². The molecule has 0 saturated carbocycles. The molecule has 2 heterocycles. The largest absolute Gasteiger partial charge is 0.228 e. The van der Waals surface area contributed by atoms with Crippen LogP contribution < -0.4 is 0 Å². The third-order valence-corrected chi connectivity index (χ3v) is 7.80. The quantitative estimate of drug-likeness (QED) is 0.245. The van der Waals surface area contributed by atoms with Gasteiger partial charge in [-0.3, -0.25) is 0 Å². The summed E-state index contributed by atoms with van der Waals surface area (Å²) in [6, 6.07) is 46.6. The van der Waals surface area contributed by atoms with Gasteiger partial charge in [-0.15, -0.1) is 11.3 Å². The van der Waals surface area contributed by atoms with Gasteiger partial charge in [0, 0.05) is 36.9 Å². The van der Waals surface area contributed by atoms with Gasteiger partial charge in [-0.1, -0.05) is 109 Å². The van der Waals surface area contributed by atoms with E-state index in [4.69, 9.17) is 9.97 Å². The van der Waals surface area contributed by atoms with Crippen molar-refractivity contribution in [2.24, 2.45) is 0 Å². The molecule has 0 bridgehead atoms. The average molecular weight is 491 g/mol. The first-order valence-electron chi connectivity index (χ1n) is 12.3. The van der Waals surface area contributed by atoms with Gasteiger partial charge in [0.05, 0.1) is 11.4 Å². The smallest absolute Gasteiger partial charge is 0.160 e. The Labute approximate surface area is 219 Å². The number of rotatable bonds is 4. The Kier molecular flexibility index (Phi) is 5.34. The van der Waals surface area contributed by atoms with E-state index in [0.29, 0.717) is 0 Å². The van der Waals surface area contributed by atoms with Gasteiger partial charge in [0.2, 0.25) is 0 Å². The maximum atomic E-state index is 5.09. The number of nitrogens with zero attached hydrogens (tertiary/aromatic N) is 2. The summed E-state index contributed by atoms with van der Waals surface area (Å²) in [6.45, 7) is 0. The van der Waals surface area contributed by atoms with Crippen LogP contribution in [0.4, 0.5) is 0 Å². The summed E-state index contributed by atoms with van der Waals surface area (Å²) in [5.41, 5.74) is 7.42. The standard InChI is InChI=1S/C34H22N2S/c1-4-12-23(13-5-1)28-20-26(21-32-33(28)27-18-10-11-19-31(27)37-32)34-35-29(24-14-6-2-7-15-24)22-30(36-34)25-16-8-3-9-17-25/h1-22H. The van der Waals surface area contributed by atoms with Gasteiger partial charge in [-0.25, -0.2) is 9.97 Å². The van der Waals surface area contributed by atoms with Crippen molar-refractivity contribution in [3.63, 3.8) is 0 Å². The molecule has 5 aromatic carbocycles. The van der Waals surface area contributed by atoms with Gasteiger partial charge >= 0.3 is 0 Å². The van der Waals surface area contributed by atoms with Crippen molar-refractivity contribution in [3.8, 4) is 45.0 Å². The van der Waals surface area contributed by atoms with Gasteiger partial charge in [0.15, 0.2) is 5.82 Å². The zero-order valence-corrected chi connectivity index (χ0v) is 20.8. The summed E-state index contributed by atoms with van der Waals surface area (Å²) in [4.78, 5) is 10.2. The molecule has 0 aliphatic heterocycles. The van der Waals surface area contributed by atoms with Crippen LogP contribution in [0.25, 0.3) is 65.2 Å². The van der Waals surface area contributed by atoms with E-state index in [1.54, 1.807) is 0 Å². The number of hydrogen-bond donors (Lipinski definition) is 0. The van der Waals surface area contributed by atoms with Gasteiger partial charge in [-0.2, -0.15) is 0 Å². The fourth-order valence-electron chi connectivity index (χ4n) is 4.92. The molecule has 3 heteroatoms. The molecule has 37 heavy (non-hydrogen) atoms. The minimum Gasteiger partial charge on any atom is -0.228 e. The summed E-state index contributed by atoms with van der Waals surface area (Å²) >= 11 is 1.82. The predicted molar refractivity (Wildman–Crippen MR) is 157 cm³/mol. The molecule has 7 rings (SSSR count). The Balaban J connectivity index is 1.51. The first-order chi connectivity index (χ1) is 18.3. The Morgan fingerprint density at radius 3 is 1.59 bits per heavy atom. The second-order valence-electron chi connectivity index (χ2n) is 9.06. The highest BCUT2D eigenvalue weighted by atomic mass is 32.1. The van der Waals surface area contributed by atoms with E-state index in [2.05, 4.69) is 121 Å². The third-order valence-electron chi connectivity index (χ3n) is 6.69. The topological polar surface area (TPSA) is 25.8 Å². The number of hydrogen-bond acceptors (Lipinski definition) is 3. The molecule has 0 fully saturated rings. The maximum Gasteiger partial charge on any atom is 0.160 e. The van der Waals surface area contributed by atoms with E-state index < -0.39 is 0 Å². The van der Waals surface area contributed by atoms with Crippen LogP contribution in [-0.4, -0.2) is 9.97 Å². The minimum absolute atomic E-state index is 0.733. The Morgan fingerprint density at radius 2 is 0.973 bits per heavy atom. The van der Waals surface area contributed by atoms with Crippen molar-refractivity contribution in [1.29, 1.82) is 0 Å². The van der Waals surface area contributed by atoms with Crippen molar-refractivity contribution < 1.29 is 0 Å². The molecule has 0 amide bonds. The molecule has 0 aliphatic rings. The van der Waals surface area contributed by atoms with Crippen molar-refractivity contribution in [2.45, 2.75) is 0 Å². The highest BCUT2D eigenvalue weighted by Crippen LogP contribution is 2.42. The van der Waals surface area contributed by atoms with Gasteiger partial charge in [0.25, 0.3) is 0 Å². The van der Waals surface area contributed by atoms with Crippen molar-refractivity contribution in [3.05, 3.63) is 133 Å². The first-order valence-corrected chi connectivity index (χ1v) is 13.2. The molecule has 0 unspecified atom stereocenters. The van der Waals surface area contributed by atoms with Gasteiger partial charge in [0.1, 0.15) is 0 Å². The van der Waals surface area contributed by atoms with Crippen LogP contribution in [0.5, 0.6) is 0 Å². The van der Waals surface area contributed by atoms with Gasteiger partial charge < -0.3 is 0 Å². The monoisotopic (exact) mass is 490 g/mol. The molecular weight excluding hydrogens is 468 g/mol. The van der Waals surface area contributed by atoms with E-state index in [1.165, 1.54) is 31.3 Å². The lowest BCUT2D eigenvalue weighted by Crippen LogP contribution is -1.96. The first kappa shape index (κ1) is 21.7. The van der Waals surface area contributed by atoms with Crippen LogP contribution in [-0.2, 0) is 0 Å². The fraction of sp³-hybridized carbons (Fsp3) is 0. The SMILES string of the molecule is c1ccc(-c2cc(-c3ccccc3)nc(-c3cc(-c4ccccc4)c4c(c3)sc3ccccc34)n2)cc1. The molecule has 7 aromatic rings. The predicted octanol–water partition coefficient (Wildman–Crippen LogP) is 9.51. The van der Waals surface area contributed by atoms with E-state index in [9.17, 15) is 0 Å². The van der Waals surface area contributed by atoms with Crippen LogP contribution in [0.15, 0.2) is 133 Å². The second kappa shape index (κ2) is 9.12. The second-order valence-corrected chi connectivity index (χ2v) is 10.1. The lowest BCUT2D eigenvalue weighted by atomic mass is 9.96. The van der Waals surface area contributed by atoms with E-state index in [0.717, 1.165) is 33.9 Å². The Morgan fingerprint density at radius 1 is 0.432 bits per heavy atom. The molecule has 0 N–H and O–H groups in total. The Hall–Kier alpha value is -4.60. The average Bonchev–Trinajstić information content (AvgIpc) is 3.36. The third kappa shape index (κ3) is 4.00. The zero-order chi connectivity index (χ0) is 24.6. The van der Waals surface area contributed by atoms with E-state index in [-0.39, 0.29) is 0 Å². The molecule has 2 nitrogen and oxygen atoms in total. The van der Waals surface area contributed by atoms with E-state index in [1.807, 2.05) is 23.5 Å². The molecule has 0 atom stereocenters. The summed E-state index contributed by atoms with van der Waals surface area (Å²) in [7, 11) is 0. The van der Waals surface area contributed by atoms with Crippen LogP contribution >= 0.6 is 11.3 Å². The number of benzene rings is 5. The lowest BCUT2D eigenvalue weighted by molar-refractivity contribution is 1.18. The van der Waals surface area contributed by atoms with Crippen LogP contribution in [0.1, 0.15) is 0 Å². The summed E-state index contributed by atoms with van der Waals surface area (Å²) in [6.07, 6.45) is 0. The van der Waals surface area contributed by atoms with Crippen molar-refractivity contribution in [2.75, 3.05) is 0 Å². The highest BCUT2D eigenvalue weighted by Gasteiger charge is 2.16. The fourth-order valence-corrected chi connectivity index (χ4v) is 6.09. The molecule has 0 spiro atoms. The molecular formula is C34H22N2S.